The number of nitrogens with zero attached hydrogens (tertiary/aromatic N) is 1. The number of alkyl halides is 3. The number of guanidine groups is 1. The molecule has 2 N–H and O–H groups in total. The van der Waals surface area contributed by atoms with Gasteiger partial charge >= 0.3 is 6.36 Å². The van der Waals surface area contributed by atoms with Crippen LogP contribution in [0.5, 0.6) is 5.75 Å². The number of ether oxygens (including phenoxy) is 1. The van der Waals surface area contributed by atoms with Crippen molar-refractivity contribution in [3.8, 4) is 5.75 Å². The molecule has 0 spiro atoms. The van der Waals surface area contributed by atoms with Gasteiger partial charge in [-0.3, -0.25) is 4.99 Å². The van der Waals surface area contributed by atoms with Crippen LogP contribution in [0, 0.1) is 0 Å². The predicted octanol–water partition coefficient (Wildman–Crippen LogP) is 3.32. The van der Waals surface area contributed by atoms with Crippen LogP contribution in [0.15, 0.2) is 29.3 Å². The van der Waals surface area contributed by atoms with Crippen molar-refractivity contribution >= 4 is 29.9 Å². The molecule has 22 heavy (non-hydrogen) atoms. The molecular weight excluding hydrogens is 410 g/mol. The predicted molar refractivity (Wildman–Crippen MR) is 91.9 cm³/mol. The molecular formula is C14H21F3IN3O. The summed E-state index contributed by atoms with van der Waals surface area (Å²) in [6.45, 7) is 3.54. The van der Waals surface area contributed by atoms with Crippen LogP contribution in [0.3, 0.4) is 0 Å². The number of halogens is 4. The van der Waals surface area contributed by atoms with Crippen molar-refractivity contribution in [1.82, 2.24) is 10.6 Å². The normalized spacial score (nSPS) is 11.6. The SMILES string of the molecule is CCCNC(=NC)NCCc1ccc(OC(F)(F)F)cc1.I. The fourth-order valence-corrected chi connectivity index (χ4v) is 1.65. The van der Waals surface area contributed by atoms with Crippen molar-refractivity contribution in [2.75, 3.05) is 20.1 Å². The standard InChI is InChI=1S/C14H20F3N3O.HI/c1-3-9-19-13(18-2)20-10-8-11-4-6-12(7-5-11)21-14(15,16)17;/h4-7H,3,8-10H2,1-2H3,(H2,18,19,20);1H. The van der Waals surface area contributed by atoms with E-state index in [9.17, 15) is 13.2 Å². The van der Waals surface area contributed by atoms with Gasteiger partial charge in [0.15, 0.2) is 5.96 Å². The lowest BCUT2D eigenvalue weighted by atomic mass is 10.1. The summed E-state index contributed by atoms with van der Waals surface area (Å²) in [5, 5.41) is 6.27. The van der Waals surface area contributed by atoms with Crippen molar-refractivity contribution in [3.05, 3.63) is 29.8 Å². The van der Waals surface area contributed by atoms with Gasteiger partial charge in [0.25, 0.3) is 0 Å². The van der Waals surface area contributed by atoms with E-state index in [1.807, 2.05) is 0 Å². The van der Waals surface area contributed by atoms with E-state index >= 15 is 0 Å². The molecule has 0 saturated carbocycles. The number of benzene rings is 1. The van der Waals surface area contributed by atoms with E-state index in [1.165, 1.54) is 12.1 Å². The Labute approximate surface area is 145 Å². The van der Waals surface area contributed by atoms with Gasteiger partial charge in [-0.15, -0.1) is 37.1 Å². The quantitative estimate of drug-likeness (QED) is 0.413. The molecule has 0 saturated heterocycles. The maximum absolute atomic E-state index is 12.0. The zero-order chi connectivity index (χ0) is 15.7. The Kier molecular flexibility index (Phi) is 9.95. The first-order chi connectivity index (χ1) is 9.94. The molecule has 0 fully saturated rings. The minimum absolute atomic E-state index is 0. The Morgan fingerprint density at radius 3 is 2.23 bits per heavy atom. The van der Waals surface area contributed by atoms with E-state index in [4.69, 9.17) is 0 Å². The third kappa shape index (κ3) is 8.96. The van der Waals surface area contributed by atoms with Crippen LogP contribution in [0.4, 0.5) is 13.2 Å². The largest absolute Gasteiger partial charge is 0.573 e. The summed E-state index contributed by atoms with van der Waals surface area (Å²) in [6, 6.07) is 5.86. The minimum Gasteiger partial charge on any atom is -0.406 e. The van der Waals surface area contributed by atoms with Crippen LogP contribution in [-0.4, -0.2) is 32.5 Å². The lowest BCUT2D eigenvalue weighted by Gasteiger charge is -2.11. The summed E-state index contributed by atoms with van der Waals surface area (Å²) < 4.78 is 39.9. The van der Waals surface area contributed by atoms with Gasteiger partial charge in [-0.2, -0.15) is 0 Å². The molecule has 0 unspecified atom stereocenters. The number of nitrogens with one attached hydrogen (secondary N) is 2. The molecule has 8 heteroatoms. The molecule has 0 aliphatic carbocycles. The number of hydrogen-bond donors (Lipinski definition) is 2. The Hall–Kier alpha value is -1.19. The van der Waals surface area contributed by atoms with Crippen molar-refractivity contribution in [1.29, 1.82) is 0 Å². The Morgan fingerprint density at radius 1 is 1.14 bits per heavy atom. The molecule has 4 nitrogen and oxygen atoms in total. The van der Waals surface area contributed by atoms with Crippen molar-refractivity contribution in [2.24, 2.45) is 4.99 Å². The van der Waals surface area contributed by atoms with Crippen molar-refractivity contribution in [3.63, 3.8) is 0 Å². The Morgan fingerprint density at radius 2 is 1.73 bits per heavy atom. The second-order valence-electron chi connectivity index (χ2n) is 4.37. The lowest BCUT2D eigenvalue weighted by molar-refractivity contribution is -0.274. The molecule has 1 aromatic rings. The van der Waals surface area contributed by atoms with E-state index in [-0.39, 0.29) is 29.7 Å². The van der Waals surface area contributed by atoms with Crippen LogP contribution in [0.1, 0.15) is 18.9 Å². The molecule has 0 bridgehead atoms. The highest BCUT2D eigenvalue weighted by molar-refractivity contribution is 14.0. The van der Waals surface area contributed by atoms with Gasteiger partial charge in [0.05, 0.1) is 0 Å². The maximum atomic E-state index is 12.0. The maximum Gasteiger partial charge on any atom is 0.573 e. The molecule has 0 aromatic heterocycles. The summed E-state index contributed by atoms with van der Waals surface area (Å²) in [5.41, 5.74) is 0.919. The van der Waals surface area contributed by atoms with Gasteiger partial charge in [-0.05, 0) is 30.5 Å². The first-order valence-corrected chi connectivity index (χ1v) is 6.74. The molecule has 0 amide bonds. The molecule has 1 rings (SSSR count). The third-order valence-electron chi connectivity index (χ3n) is 2.63. The number of hydrogen-bond acceptors (Lipinski definition) is 2. The first-order valence-electron chi connectivity index (χ1n) is 6.74. The molecule has 0 radical (unpaired) electrons. The first kappa shape index (κ1) is 20.8. The fourth-order valence-electron chi connectivity index (χ4n) is 1.65. The summed E-state index contributed by atoms with van der Waals surface area (Å²) >= 11 is 0. The smallest absolute Gasteiger partial charge is 0.406 e. The number of aliphatic imine (C=N–C) groups is 1. The molecule has 0 heterocycles. The topological polar surface area (TPSA) is 45.7 Å². The molecule has 0 aliphatic rings. The van der Waals surface area contributed by atoms with Gasteiger partial charge in [0, 0.05) is 20.1 Å². The second kappa shape index (κ2) is 10.5. The Balaban J connectivity index is 0.00000441. The number of rotatable bonds is 6. The van der Waals surface area contributed by atoms with Crippen molar-refractivity contribution < 1.29 is 17.9 Å². The summed E-state index contributed by atoms with van der Waals surface area (Å²) in [5.74, 6) is 0.508. The van der Waals surface area contributed by atoms with Gasteiger partial charge in [0.2, 0.25) is 0 Å². The van der Waals surface area contributed by atoms with Crippen LogP contribution >= 0.6 is 24.0 Å². The third-order valence-corrected chi connectivity index (χ3v) is 2.63. The zero-order valence-electron chi connectivity index (χ0n) is 12.5. The van der Waals surface area contributed by atoms with Gasteiger partial charge in [-0.25, -0.2) is 0 Å². The summed E-state index contributed by atoms with van der Waals surface area (Å²) in [4.78, 5) is 4.06. The average Bonchev–Trinajstić information content (AvgIpc) is 2.43. The van der Waals surface area contributed by atoms with E-state index in [2.05, 4.69) is 27.3 Å². The summed E-state index contributed by atoms with van der Waals surface area (Å²) in [6.07, 6.45) is -2.97. The van der Waals surface area contributed by atoms with Crippen LogP contribution in [0.2, 0.25) is 0 Å². The highest BCUT2D eigenvalue weighted by atomic mass is 127. The van der Waals surface area contributed by atoms with Crippen molar-refractivity contribution in [2.45, 2.75) is 26.1 Å². The van der Waals surface area contributed by atoms with E-state index in [1.54, 1.807) is 19.2 Å². The van der Waals surface area contributed by atoms with Gasteiger partial charge in [-0.1, -0.05) is 19.1 Å². The molecule has 1 aromatic carbocycles. The fraction of sp³-hybridized carbons (Fsp3) is 0.500. The zero-order valence-corrected chi connectivity index (χ0v) is 14.9. The molecule has 0 atom stereocenters. The average molecular weight is 431 g/mol. The second-order valence-corrected chi connectivity index (χ2v) is 4.37. The van der Waals surface area contributed by atoms with Gasteiger partial charge < -0.3 is 15.4 Å². The molecule has 0 aliphatic heterocycles. The Bertz CT molecular complexity index is 450. The van der Waals surface area contributed by atoms with E-state index in [0.29, 0.717) is 18.9 Å². The van der Waals surface area contributed by atoms with Crippen LogP contribution in [0.25, 0.3) is 0 Å². The monoisotopic (exact) mass is 431 g/mol. The summed E-state index contributed by atoms with van der Waals surface area (Å²) in [7, 11) is 1.69. The van der Waals surface area contributed by atoms with E-state index in [0.717, 1.165) is 18.5 Å². The molecule has 126 valence electrons. The highest BCUT2D eigenvalue weighted by Crippen LogP contribution is 2.22. The van der Waals surface area contributed by atoms with Crippen LogP contribution < -0.4 is 15.4 Å². The lowest BCUT2D eigenvalue weighted by Crippen LogP contribution is -2.38. The van der Waals surface area contributed by atoms with Crippen LogP contribution in [-0.2, 0) is 6.42 Å². The van der Waals surface area contributed by atoms with Gasteiger partial charge in [0.1, 0.15) is 5.75 Å². The minimum atomic E-state index is -4.65. The van der Waals surface area contributed by atoms with E-state index < -0.39 is 6.36 Å². The highest BCUT2D eigenvalue weighted by Gasteiger charge is 2.30.